The van der Waals surface area contributed by atoms with Crippen LogP contribution < -0.4 is 10.9 Å². The third-order valence-electron chi connectivity index (χ3n) is 3.30. The molecule has 122 valence electrons. The summed E-state index contributed by atoms with van der Waals surface area (Å²) in [6, 6.07) is 15.7. The van der Waals surface area contributed by atoms with Crippen LogP contribution in [-0.4, -0.2) is 22.6 Å². The van der Waals surface area contributed by atoms with Gasteiger partial charge in [-0.1, -0.05) is 30.3 Å². The topological polar surface area (TPSA) is 74.0 Å². The van der Waals surface area contributed by atoms with Crippen LogP contribution >= 0.6 is 27.7 Å². The van der Waals surface area contributed by atoms with E-state index in [1.807, 2.05) is 42.5 Å². The third kappa shape index (κ3) is 4.18. The normalized spacial score (nSPS) is 10.5. The summed E-state index contributed by atoms with van der Waals surface area (Å²) >= 11 is 4.66. The number of nitrogens with one attached hydrogen (secondary N) is 3. The predicted octanol–water partition coefficient (Wildman–Crippen LogP) is 3.48. The van der Waals surface area contributed by atoms with Gasteiger partial charge < -0.3 is 4.98 Å². The molecular formula is C17H14BrN3O2S. The minimum absolute atomic E-state index is 0.215. The Balaban J connectivity index is 1.50. The fourth-order valence-corrected chi connectivity index (χ4v) is 3.22. The Morgan fingerprint density at radius 3 is 2.58 bits per heavy atom. The minimum Gasteiger partial charge on any atom is -0.356 e. The number of thioether (sulfide) groups is 1. The summed E-state index contributed by atoms with van der Waals surface area (Å²) in [5.74, 6) is -0.454. The van der Waals surface area contributed by atoms with Crippen LogP contribution in [0, 0.1) is 0 Å². The molecule has 0 aliphatic heterocycles. The number of benzene rings is 2. The third-order valence-corrected chi connectivity index (χ3v) is 4.75. The first-order valence-corrected chi connectivity index (χ1v) is 8.94. The van der Waals surface area contributed by atoms with E-state index >= 15 is 0 Å². The van der Waals surface area contributed by atoms with E-state index in [9.17, 15) is 9.59 Å². The second-order valence-corrected chi connectivity index (χ2v) is 7.00. The highest BCUT2D eigenvalue weighted by molar-refractivity contribution is 9.10. The van der Waals surface area contributed by atoms with Gasteiger partial charge in [0, 0.05) is 15.6 Å². The van der Waals surface area contributed by atoms with Crippen LogP contribution in [0.4, 0.5) is 0 Å². The summed E-state index contributed by atoms with van der Waals surface area (Å²) in [5.41, 5.74) is 5.14. The molecule has 0 radical (unpaired) electrons. The Kier molecular flexibility index (Phi) is 5.22. The average molecular weight is 404 g/mol. The maximum absolute atomic E-state index is 11.9. The number of amides is 2. The van der Waals surface area contributed by atoms with Crippen molar-refractivity contribution in [3.63, 3.8) is 0 Å². The van der Waals surface area contributed by atoms with Crippen molar-refractivity contribution in [3.8, 4) is 0 Å². The van der Waals surface area contributed by atoms with Gasteiger partial charge in [-0.15, -0.1) is 11.8 Å². The summed E-state index contributed by atoms with van der Waals surface area (Å²) in [6.07, 6.45) is 1.65. The van der Waals surface area contributed by atoms with Crippen molar-refractivity contribution in [3.05, 3.63) is 64.9 Å². The molecule has 1 aromatic heterocycles. The zero-order valence-electron chi connectivity index (χ0n) is 12.5. The van der Waals surface area contributed by atoms with E-state index in [2.05, 4.69) is 31.8 Å². The molecular weight excluding hydrogens is 390 g/mol. The van der Waals surface area contributed by atoms with Crippen LogP contribution in [0.15, 0.2) is 64.1 Å². The lowest BCUT2D eigenvalue weighted by molar-refractivity contribution is -0.119. The second-order valence-electron chi connectivity index (χ2n) is 5.03. The van der Waals surface area contributed by atoms with Gasteiger partial charge in [0.2, 0.25) is 5.91 Å². The van der Waals surface area contributed by atoms with Gasteiger partial charge in [-0.05, 0) is 44.9 Å². The lowest BCUT2D eigenvalue weighted by atomic mass is 10.1. The lowest BCUT2D eigenvalue weighted by Crippen LogP contribution is -2.42. The first-order chi connectivity index (χ1) is 11.6. The lowest BCUT2D eigenvalue weighted by Gasteiger charge is -2.07. The highest BCUT2D eigenvalue weighted by atomic mass is 79.9. The van der Waals surface area contributed by atoms with Crippen molar-refractivity contribution >= 4 is 50.3 Å². The maximum Gasteiger partial charge on any atom is 0.286 e. The summed E-state index contributed by atoms with van der Waals surface area (Å²) in [7, 11) is 0. The van der Waals surface area contributed by atoms with E-state index in [1.165, 1.54) is 11.8 Å². The largest absolute Gasteiger partial charge is 0.356 e. The molecule has 24 heavy (non-hydrogen) atoms. The summed E-state index contributed by atoms with van der Waals surface area (Å²) in [4.78, 5) is 27.4. The zero-order valence-corrected chi connectivity index (χ0v) is 14.9. The molecule has 2 aromatic carbocycles. The number of H-pyrrole nitrogens is 1. The van der Waals surface area contributed by atoms with Gasteiger partial charge in [0.25, 0.3) is 5.91 Å². The van der Waals surface area contributed by atoms with Crippen molar-refractivity contribution in [1.82, 2.24) is 15.8 Å². The minimum atomic E-state index is -0.398. The average Bonchev–Trinajstić information content (AvgIpc) is 3.04. The van der Waals surface area contributed by atoms with Gasteiger partial charge in [0.1, 0.15) is 5.69 Å². The molecule has 0 unspecified atom stereocenters. The summed E-state index contributed by atoms with van der Waals surface area (Å²) < 4.78 is 0.769. The van der Waals surface area contributed by atoms with E-state index in [1.54, 1.807) is 12.3 Å². The van der Waals surface area contributed by atoms with Crippen molar-refractivity contribution < 1.29 is 9.59 Å². The molecule has 0 saturated heterocycles. The van der Waals surface area contributed by atoms with E-state index in [0.717, 1.165) is 20.1 Å². The molecule has 3 N–H and O–H groups in total. The van der Waals surface area contributed by atoms with Crippen molar-refractivity contribution in [2.75, 3.05) is 5.75 Å². The van der Waals surface area contributed by atoms with Crippen molar-refractivity contribution in [2.24, 2.45) is 0 Å². The number of aromatic amines is 1. The molecule has 0 spiro atoms. The van der Waals surface area contributed by atoms with Crippen LogP contribution in [0.5, 0.6) is 0 Å². The SMILES string of the molecule is O=C(CSc1ccc2ccccc2c1)NNC(=O)c1cc(Br)c[nH]1. The predicted molar refractivity (Wildman–Crippen MR) is 98.8 cm³/mol. The number of hydrazine groups is 1. The van der Waals surface area contributed by atoms with Gasteiger partial charge >= 0.3 is 0 Å². The molecule has 0 saturated carbocycles. The molecule has 0 atom stereocenters. The molecule has 0 aliphatic carbocycles. The molecule has 1 heterocycles. The highest BCUT2D eigenvalue weighted by Gasteiger charge is 2.09. The van der Waals surface area contributed by atoms with Crippen LogP contribution in [0.2, 0.25) is 0 Å². The molecule has 2 amide bonds. The molecule has 3 rings (SSSR count). The summed E-state index contributed by atoms with van der Waals surface area (Å²) in [5, 5.41) is 2.30. The smallest absolute Gasteiger partial charge is 0.286 e. The standard InChI is InChI=1S/C17H14BrN3O2S/c18-13-8-15(19-9-13)17(23)21-20-16(22)10-24-14-6-5-11-3-1-2-4-12(11)7-14/h1-9,19H,10H2,(H,20,22)(H,21,23). The molecule has 7 heteroatoms. The van der Waals surface area contributed by atoms with Crippen molar-refractivity contribution in [1.29, 1.82) is 0 Å². The fraction of sp³-hybridized carbons (Fsp3) is 0.0588. The first-order valence-electron chi connectivity index (χ1n) is 7.16. The van der Waals surface area contributed by atoms with Gasteiger partial charge in [-0.3, -0.25) is 20.4 Å². The number of carbonyl (C=O) groups is 2. The van der Waals surface area contributed by atoms with Crippen LogP contribution in [0.3, 0.4) is 0 Å². The number of hydrogen-bond acceptors (Lipinski definition) is 3. The molecule has 3 aromatic rings. The van der Waals surface area contributed by atoms with Gasteiger partial charge in [0.15, 0.2) is 0 Å². The Labute approximate surface area is 151 Å². The van der Waals surface area contributed by atoms with E-state index in [-0.39, 0.29) is 11.7 Å². The Morgan fingerprint density at radius 2 is 1.83 bits per heavy atom. The van der Waals surface area contributed by atoms with E-state index < -0.39 is 5.91 Å². The van der Waals surface area contributed by atoms with Gasteiger partial charge in [-0.2, -0.15) is 0 Å². The quantitative estimate of drug-likeness (QED) is 0.461. The zero-order chi connectivity index (χ0) is 16.9. The highest BCUT2D eigenvalue weighted by Crippen LogP contribution is 2.23. The Morgan fingerprint density at radius 1 is 1.04 bits per heavy atom. The monoisotopic (exact) mass is 403 g/mol. The molecule has 0 bridgehead atoms. The number of aromatic nitrogens is 1. The van der Waals surface area contributed by atoms with Crippen LogP contribution in [0.25, 0.3) is 10.8 Å². The van der Waals surface area contributed by atoms with Crippen molar-refractivity contribution in [2.45, 2.75) is 4.90 Å². The number of hydrogen-bond donors (Lipinski definition) is 3. The van der Waals surface area contributed by atoms with Crippen LogP contribution in [-0.2, 0) is 4.79 Å². The fourth-order valence-electron chi connectivity index (χ4n) is 2.13. The second kappa shape index (κ2) is 7.55. The van der Waals surface area contributed by atoms with E-state index in [4.69, 9.17) is 0 Å². The number of fused-ring (bicyclic) bond motifs is 1. The van der Waals surface area contributed by atoms with Gasteiger partial charge in [-0.25, -0.2) is 0 Å². The molecule has 5 nitrogen and oxygen atoms in total. The Hall–Kier alpha value is -2.25. The molecule has 0 fully saturated rings. The van der Waals surface area contributed by atoms with Gasteiger partial charge in [0.05, 0.1) is 5.75 Å². The Bertz CT molecular complexity index is 894. The summed E-state index contributed by atoms with van der Waals surface area (Å²) in [6.45, 7) is 0. The van der Waals surface area contributed by atoms with Crippen LogP contribution in [0.1, 0.15) is 10.5 Å². The number of halogens is 1. The first kappa shape index (κ1) is 16.6. The number of carbonyl (C=O) groups excluding carboxylic acids is 2. The maximum atomic E-state index is 11.9. The molecule has 0 aliphatic rings. The van der Waals surface area contributed by atoms with E-state index in [0.29, 0.717) is 5.69 Å². The number of rotatable bonds is 4.